The second-order valence-corrected chi connectivity index (χ2v) is 14.9. The number of amides is 2. The van der Waals surface area contributed by atoms with Crippen LogP contribution in [0, 0.1) is 18.8 Å². The average molecular weight is 702 g/mol. The number of H-pyrrole nitrogens is 2. The predicted molar refractivity (Wildman–Crippen MR) is 190 cm³/mol. The SMILES string of the molecule is Cc1ccc(S(=O)(=O)N2CCOCC2)cc1-c1cccc(C[C@H](NC(=O)C2CCC(CN)CC2)C(=O)Nc2ccc(-c3n[nH]c(=O)[nH]3)cc2)c1. The molecule has 1 saturated heterocycles. The molecule has 14 heteroatoms. The van der Waals surface area contributed by atoms with E-state index in [1.165, 1.54) is 4.31 Å². The van der Waals surface area contributed by atoms with Crippen LogP contribution in [-0.4, -0.2) is 78.6 Å². The highest BCUT2D eigenvalue weighted by atomic mass is 32.2. The van der Waals surface area contributed by atoms with Crippen molar-refractivity contribution in [3.8, 4) is 22.5 Å². The molecule has 13 nitrogen and oxygen atoms in total. The molecule has 1 atom stereocenters. The van der Waals surface area contributed by atoms with E-state index in [-0.39, 0.29) is 29.0 Å². The van der Waals surface area contributed by atoms with E-state index < -0.39 is 21.8 Å². The Kier molecular flexibility index (Phi) is 10.9. The lowest BCUT2D eigenvalue weighted by Crippen LogP contribution is -2.48. The van der Waals surface area contributed by atoms with Crippen molar-refractivity contribution in [2.45, 2.75) is 50.0 Å². The first-order chi connectivity index (χ1) is 24.1. The Hall–Kier alpha value is -4.63. The number of aromatic amines is 2. The third kappa shape index (κ3) is 8.21. The van der Waals surface area contributed by atoms with Crippen LogP contribution < -0.4 is 22.1 Å². The first kappa shape index (κ1) is 35.2. The first-order valence-corrected chi connectivity index (χ1v) is 18.4. The van der Waals surface area contributed by atoms with Crippen LogP contribution >= 0.6 is 0 Å². The summed E-state index contributed by atoms with van der Waals surface area (Å²) in [5, 5.41) is 12.2. The van der Waals surface area contributed by atoms with E-state index in [9.17, 15) is 22.8 Å². The number of rotatable bonds is 11. The zero-order valence-electron chi connectivity index (χ0n) is 28.0. The minimum atomic E-state index is -3.70. The van der Waals surface area contributed by atoms with Crippen molar-refractivity contribution in [2.75, 3.05) is 38.2 Å². The lowest BCUT2D eigenvalue weighted by atomic mass is 9.81. The van der Waals surface area contributed by atoms with E-state index in [1.807, 2.05) is 31.2 Å². The third-order valence-electron chi connectivity index (χ3n) is 9.61. The number of nitrogens with two attached hydrogens (primary N) is 1. The van der Waals surface area contributed by atoms with Gasteiger partial charge in [0.1, 0.15) is 6.04 Å². The van der Waals surface area contributed by atoms with Crippen LogP contribution in [0.15, 0.2) is 76.4 Å². The molecule has 6 rings (SSSR count). The molecular weight excluding hydrogens is 659 g/mol. The summed E-state index contributed by atoms with van der Waals surface area (Å²) in [6.07, 6.45) is 3.40. The van der Waals surface area contributed by atoms with Crippen LogP contribution in [0.25, 0.3) is 22.5 Å². The van der Waals surface area contributed by atoms with Gasteiger partial charge in [-0.15, -0.1) is 0 Å². The summed E-state index contributed by atoms with van der Waals surface area (Å²) in [6.45, 7) is 3.86. The fourth-order valence-electron chi connectivity index (χ4n) is 6.62. The molecule has 0 spiro atoms. The number of benzene rings is 3. The number of carbonyl (C=O) groups excluding carboxylic acids is 2. The zero-order chi connectivity index (χ0) is 35.3. The maximum atomic E-state index is 13.8. The van der Waals surface area contributed by atoms with E-state index >= 15 is 0 Å². The smallest absolute Gasteiger partial charge is 0.340 e. The van der Waals surface area contributed by atoms with E-state index in [1.54, 1.807) is 42.5 Å². The molecule has 1 aliphatic heterocycles. The van der Waals surface area contributed by atoms with Gasteiger partial charge in [0.25, 0.3) is 0 Å². The van der Waals surface area contributed by atoms with Crippen molar-refractivity contribution >= 4 is 27.5 Å². The zero-order valence-corrected chi connectivity index (χ0v) is 28.8. The van der Waals surface area contributed by atoms with Crippen LogP contribution in [-0.2, 0) is 30.8 Å². The fourth-order valence-corrected chi connectivity index (χ4v) is 8.05. The van der Waals surface area contributed by atoms with Gasteiger partial charge in [-0.1, -0.05) is 30.3 Å². The number of carbonyl (C=O) groups is 2. The van der Waals surface area contributed by atoms with Crippen LogP contribution in [0.4, 0.5) is 5.69 Å². The van der Waals surface area contributed by atoms with Crippen molar-refractivity contribution < 1.29 is 22.7 Å². The Bertz CT molecular complexity index is 1980. The number of ether oxygens (including phenoxy) is 1. The summed E-state index contributed by atoms with van der Waals surface area (Å²) >= 11 is 0. The second-order valence-electron chi connectivity index (χ2n) is 13.0. The van der Waals surface area contributed by atoms with Crippen LogP contribution in [0.5, 0.6) is 0 Å². The number of morpholine rings is 1. The highest BCUT2D eigenvalue weighted by Crippen LogP contribution is 2.30. The molecular formula is C36H43N7O6S. The maximum Gasteiger partial charge on any atom is 0.340 e. The number of nitrogens with zero attached hydrogens (tertiary/aromatic N) is 2. The Labute approximate surface area is 291 Å². The van der Waals surface area contributed by atoms with E-state index in [0.29, 0.717) is 55.8 Å². The molecule has 2 heterocycles. The largest absolute Gasteiger partial charge is 0.379 e. The molecule has 50 heavy (non-hydrogen) atoms. The third-order valence-corrected chi connectivity index (χ3v) is 11.5. The van der Waals surface area contributed by atoms with Gasteiger partial charge in [0, 0.05) is 36.7 Å². The Morgan fingerprint density at radius 1 is 1.00 bits per heavy atom. The Morgan fingerprint density at radius 3 is 2.42 bits per heavy atom. The van der Waals surface area contributed by atoms with E-state index in [2.05, 4.69) is 25.8 Å². The van der Waals surface area contributed by atoms with Crippen molar-refractivity contribution in [3.05, 3.63) is 88.3 Å². The molecule has 1 saturated carbocycles. The van der Waals surface area contributed by atoms with Gasteiger partial charge in [0.15, 0.2) is 5.82 Å². The minimum Gasteiger partial charge on any atom is -0.379 e. The summed E-state index contributed by atoms with van der Waals surface area (Å²) in [7, 11) is -3.70. The van der Waals surface area contributed by atoms with Gasteiger partial charge in [-0.2, -0.15) is 9.40 Å². The Morgan fingerprint density at radius 2 is 1.74 bits per heavy atom. The second kappa shape index (κ2) is 15.5. The molecule has 0 bridgehead atoms. The maximum absolute atomic E-state index is 13.8. The molecule has 2 fully saturated rings. The molecule has 6 N–H and O–H groups in total. The standard InChI is InChI=1S/C36H43N7O6S/c1-23-5-14-30(50(47,48)43-15-17-49-18-16-43)21-31(23)28-4-2-3-25(19-28)20-32(39-34(44)27-8-6-24(22-37)7-9-27)35(45)38-29-12-10-26(11-13-29)33-40-36(46)42-41-33/h2-5,10-14,19,21,24,27,32H,6-9,15-18,20,22,37H2,1H3,(H,38,45)(H,39,44)(H2,40,41,42,46)/t24?,27?,32-/m0/s1. The van der Waals surface area contributed by atoms with Crippen molar-refractivity contribution in [1.82, 2.24) is 24.8 Å². The topological polar surface area (TPSA) is 192 Å². The number of aromatic nitrogens is 3. The van der Waals surface area contributed by atoms with Crippen molar-refractivity contribution in [1.29, 1.82) is 0 Å². The molecule has 2 aliphatic rings. The normalized spacial score (nSPS) is 19.1. The number of anilines is 1. The summed E-state index contributed by atoms with van der Waals surface area (Å²) in [6, 6.07) is 18.7. The predicted octanol–water partition coefficient (Wildman–Crippen LogP) is 3.19. The molecule has 264 valence electrons. The number of sulfonamides is 1. The number of hydrogen-bond donors (Lipinski definition) is 5. The van der Waals surface area contributed by atoms with Crippen molar-refractivity contribution in [3.63, 3.8) is 0 Å². The molecule has 1 aromatic heterocycles. The Balaban J connectivity index is 1.23. The molecule has 0 radical (unpaired) electrons. The van der Waals surface area contributed by atoms with Gasteiger partial charge < -0.3 is 21.1 Å². The van der Waals surface area contributed by atoms with Gasteiger partial charge in [0.2, 0.25) is 21.8 Å². The van der Waals surface area contributed by atoms with Crippen LogP contribution in [0.2, 0.25) is 0 Å². The van der Waals surface area contributed by atoms with Gasteiger partial charge in [-0.25, -0.2) is 18.3 Å². The fraction of sp³-hybridized carbons (Fsp3) is 0.389. The van der Waals surface area contributed by atoms with Gasteiger partial charge >= 0.3 is 5.69 Å². The molecule has 1 aliphatic carbocycles. The first-order valence-electron chi connectivity index (χ1n) is 16.9. The molecule has 0 unspecified atom stereocenters. The number of aryl methyl sites for hydroxylation is 1. The monoisotopic (exact) mass is 701 g/mol. The highest BCUT2D eigenvalue weighted by molar-refractivity contribution is 7.89. The molecule has 3 aromatic carbocycles. The summed E-state index contributed by atoms with van der Waals surface area (Å²) in [5.41, 5.74) is 9.89. The van der Waals surface area contributed by atoms with Crippen LogP contribution in [0.3, 0.4) is 0 Å². The lowest BCUT2D eigenvalue weighted by molar-refractivity contribution is -0.130. The van der Waals surface area contributed by atoms with Crippen LogP contribution in [0.1, 0.15) is 36.8 Å². The molecule has 4 aromatic rings. The van der Waals surface area contributed by atoms with Crippen molar-refractivity contribution in [2.24, 2.45) is 17.6 Å². The number of hydrogen-bond acceptors (Lipinski definition) is 8. The van der Waals surface area contributed by atoms with Gasteiger partial charge in [0.05, 0.1) is 18.1 Å². The highest BCUT2D eigenvalue weighted by Gasteiger charge is 2.30. The summed E-state index contributed by atoms with van der Waals surface area (Å²) < 4.78 is 33.7. The molecule has 2 amide bonds. The van der Waals surface area contributed by atoms with E-state index in [4.69, 9.17) is 10.5 Å². The van der Waals surface area contributed by atoms with Gasteiger partial charge in [-0.05, 0) is 104 Å². The summed E-state index contributed by atoms with van der Waals surface area (Å²) in [4.78, 5) is 41.6. The quantitative estimate of drug-likeness (QED) is 0.157. The minimum absolute atomic E-state index is 0.161. The van der Waals surface area contributed by atoms with Gasteiger partial charge in [-0.3, -0.25) is 14.6 Å². The summed E-state index contributed by atoms with van der Waals surface area (Å²) in [5.74, 6) is 0.0470. The van der Waals surface area contributed by atoms with E-state index in [0.717, 1.165) is 47.9 Å². The lowest BCUT2D eigenvalue weighted by Gasteiger charge is -2.28. The average Bonchev–Trinajstić information content (AvgIpc) is 3.58. The number of nitrogens with one attached hydrogen (secondary N) is 4.